The molecule has 0 N–H and O–H groups in total. The van der Waals surface area contributed by atoms with Gasteiger partial charge in [-0.3, -0.25) is 9.36 Å². The average Bonchev–Trinajstić information content (AvgIpc) is 3.76. The second kappa shape index (κ2) is 9.07. The van der Waals surface area contributed by atoms with Gasteiger partial charge in [-0.15, -0.1) is 24.3 Å². The maximum absolute atomic E-state index is 5.96. The Hall–Kier alpha value is -4.41. The summed E-state index contributed by atoms with van der Waals surface area (Å²) >= 11 is 0. The number of aromatic nitrogens is 4. The molecule has 6 nitrogen and oxygen atoms in total. The molecule has 4 aromatic heterocycles. The molecule has 0 amide bonds. The molecule has 8 aromatic rings. The summed E-state index contributed by atoms with van der Waals surface area (Å²) in [6, 6.07) is 34.8. The molecule has 0 aliphatic heterocycles. The van der Waals surface area contributed by atoms with Crippen molar-refractivity contribution in [1.29, 1.82) is 0 Å². The predicted molar refractivity (Wildman–Crippen MR) is 151 cm³/mol. The zero-order chi connectivity index (χ0) is 26.1. The van der Waals surface area contributed by atoms with Gasteiger partial charge in [0.1, 0.15) is 11.2 Å². The van der Waals surface area contributed by atoms with Crippen LogP contribution in [0.25, 0.3) is 55.3 Å². The minimum atomic E-state index is -0.421. The molecule has 4 heterocycles. The molecular formula is C33H22N4O2Pt. The zero-order valence-corrected chi connectivity index (χ0v) is 23.9. The molecule has 0 radical (unpaired) electrons. The van der Waals surface area contributed by atoms with Crippen LogP contribution in [0.4, 0.5) is 0 Å². The van der Waals surface area contributed by atoms with Crippen LogP contribution >= 0.6 is 0 Å². The SMILES string of the molecule is CC(C)(c1ccn(-c2[c-]cc3oc4ccccc4c3c2)n1)c1ccn(-c2[c-]cc3oc4ccccc4c3c2)n1.[Pt+2]. The van der Waals surface area contributed by atoms with Gasteiger partial charge in [-0.1, -0.05) is 47.2 Å². The standard InChI is InChI=1S/C33H22N4O2.Pt/c1-33(2,31-15-17-36(34-31)21-11-13-29-25(19-21)23-7-3-5-9-27(23)38-29)32-16-18-37(35-32)22-12-14-30-26(20-22)24-8-4-6-10-28(24)39-30;/h3-10,13-20H,1-2H3;/q-2;+2. The smallest absolute Gasteiger partial charge is 0.516 e. The molecule has 0 fully saturated rings. The van der Waals surface area contributed by atoms with E-state index in [1.807, 2.05) is 82.4 Å². The Kier molecular flexibility index (Phi) is 5.58. The second-order valence-corrected chi connectivity index (χ2v) is 10.3. The van der Waals surface area contributed by atoms with Gasteiger partial charge in [0.25, 0.3) is 0 Å². The molecule has 40 heavy (non-hydrogen) atoms. The number of para-hydroxylation sites is 2. The number of hydrogen-bond acceptors (Lipinski definition) is 4. The fourth-order valence-electron chi connectivity index (χ4n) is 5.30. The van der Waals surface area contributed by atoms with Crippen LogP contribution in [0.3, 0.4) is 0 Å². The first-order valence-electron chi connectivity index (χ1n) is 12.8. The van der Waals surface area contributed by atoms with Crippen molar-refractivity contribution in [2.75, 3.05) is 0 Å². The number of furan rings is 2. The van der Waals surface area contributed by atoms with Crippen molar-refractivity contribution >= 4 is 43.9 Å². The van der Waals surface area contributed by atoms with Gasteiger partial charge in [0.15, 0.2) is 0 Å². The van der Waals surface area contributed by atoms with Crippen LogP contribution in [0, 0.1) is 12.1 Å². The van der Waals surface area contributed by atoms with E-state index in [1.54, 1.807) is 0 Å². The normalized spacial score (nSPS) is 12.1. The monoisotopic (exact) mass is 701 g/mol. The van der Waals surface area contributed by atoms with Crippen LogP contribution < -0.4 is 0 Å². The van der Waals surface area contributed by atoms with Crippen LogP contribution in [0.5, 0.6) is 0 Å². The molecule has 4 aromatic carbocycles. The summed E-state index contributed by atoms with van der Waals surface area (Å²) in [6.45, 7) is 4.28. The van der Waals surface area contributed by atoms with Gasteiger partial charge in [-0.2, -0.15) is 22.3 Å². The molecule has 0 bridgehead atoms. The number of rotatable bonds is 4. The van der Waals surface area contributed by atoms with E-state index in [2.05, 4.69) is 50.2 Å². The molecule has 8 rings (SSSR count). The van der Waals surface area contributed by atoms with Crippen molar-refractivity contribution in [1.82, 2.24) is 19.6 Å². The molecule has 7 heteroatoms. The van der Waals surface area contributed by atoms with Crippen molar-refractivity contribution < 1.29 is 29.9 Å². The number of hydrogen-bond donors (Lipinski definition) is 0. The third kappa shape index (κ3) is 3.75. The van der Waals surface area contributed by atoms with Crippen molar-refractivity contribution in [3.63, 3.8) is 0 Å². The van der Waals surface area contributed by atoms with Gasteiger partial charge in [0, 0.05) is 34.3 Å². The van der Waals surface area contributed by atoms with E-state index < -0.39 is 5.41 Å². The first-order chi connectivity index (χ1) is 19.0. The van der Waals surface area contributed by atoms with Crippen molar-refractivity contribution in [2.24, 2.45) is 0 Å². The quantitative estimate of drug-likeness (QED) is 0.176. The molecule has 196 valence electrons. The minimum absolute atomic E-state index is 0. The Bertz CT molecular complexity index is 2030. The second-order valence-electron chi connectivity index (χ2n) is 10.3. The minimum Gasteiger partial charge on any atom is -0.516 e. The van der Waals surface area contributed by atoms with Gasteiger partial charge in [-0.05, 0) is 49.5 Å². The summed E-state index contributed by atoms with van der Waals surface area (Å²) in [6.07, 6.45) is 3.94. The Morgan fingerprint density at radius 2 is 1.05 bits per heavy atom. The van der Waals surface area contributed by atoms with Crippen molar-refractivity contribution in [3.05, 3.63) is 121 Å². The van der Waals surface area contributed by atoms with Crippen molar-refractivity contribution in [2.45, 2.75) is 19.3 Å². The Labute approximate surface area is 244 Å². The van der Waals surface area contributed by atoms with Crippen LogP contribution in [-0.2, 0) is 26.5 Å². The largest absolute Gasteiger partial charge is 2.00 e. The molecule has 0 atom stereocenters. The molecule has 0 spiro atoms. The van der Waals surface area contributed by atoms with E-state index in [-0.39, 0.29) is 21.1 Å². The van der Waals surface area contributed by atoms with Gasteiger partial charge in [-0.25, -0.2) is 0 Å². The summed E-state index contributed by atoms with van der Waals surface area (Å²) < 4.78 is 15.6. The van der Waals surface area contributed by atoms with Crippen LogP contribution in [-0.4, -0.2) is 19.6 Å². The van der Waals surface area contributed by atoms with E-state index in [1.165, 1.54) is 0 Å². The van der Waals surface area contributed by atoms with Crippen LogP contribution in [0.1, 0.15) is 25.2 Å². The van der Waals surface area contributed by atoms with Gasteiger partial charge >= 0.3 is 21.1 Å². The first kappa shape index (κ1) is 24.6. The predicted octanol–water partition coefficient (Wildman–Crippen LogP) is 7.78. The molecule has 0 saturated carbocycles. The molecule has 0 saturated heterocycles. The summed E-state index contributed by atoms with van der Waals surface area (Å²) in [7, 11) is 0. The summed E-state index contributed by atoms with van der Waals surface area (Å²) in [5, 5.41) is 14.1. The summed E-state index contributed by atoms with van der Waals surface area (Å²) in [5.41, 5.74) is 6.50. The number of nitrogens with zero attached hydrogens (tertiary/aromatic N) is 4. The fraction of sp³-hybridized carbons (Fsp3) is 0.0909. The van der Waals surface area contributed by atoms with Gasteiger partial charge < -0.3 is 8.83 Å². The third-order valence-corrected chi connectivity index (χ3v) is 7.54. The topological polar surface area (TPSA) is 61.9 Å². The van der Waals surface area contributed by atoms with Crippen LogP contribution in [0.15, 0.2) is 106 Å². The molecule has 0 aliphatic carbocycles. The molecular weight excluding hydrogens is 679 g/mol. The van der Waals surface area contributed by atoms with Gasteiger partial charge in [0.05, 0.1) is 16.8 Å². The molecule has 0 unspecified atom stereocenters. The maximum atomic E-state index is 5.96. The fourth-order valence-corrected chi connectivity index (χ4v) is 5.30. The van der Waals surface area contributed by atoms with Crippen LogP contribution in [0.2, 0.25) is 0 Å². The van der Waals surface area contributed by atoms with E-state index in [0.29, 0.717) is 0 Å². The van der Waals surface area contributed by atoms with E-state index in [0.717, 1.165) is 66.6 Å². The summed E-state index contributed by atoms with van der Waals surface area (Å²) in [4.78, 5) is 0. The van der Waals surface area contributed by atoms with E-state index in [4.69, 9.17) is 19.0 Å². The van der Waals surface area contributed by atoms with E-state index in [9.17, 15) is 0 Å². The number of benzene rings is 4. The first-order valence-corrected chi connectivity index (χ1v) is 12.8. The summed E-state index contributed by atoms with van der Waals surface area (Å²) in [5.74, 6) is 0. The zero-order valence-electron chi connectivity index (χ0n) is 21.7. The average molecular weight is 702 g/mol. The Morgan fingerprint density at radius 1 is 0.600 bits per heavy atom. The van der Waals surface area contributed by atoms with E-state index >= 15 is 0 Å². The molecule has 0 aliphatic rings. The number of fused-ring (bicyclic) bond motifs is 6. The van der Waals surface area contributed by atoms with Gasteiger partial charge in [0.2, 0.25) is 0 Å². The Morgan fingerprint density at radius 3 is 1.52 bits per heavy atom. The maximum Gasteiger partial charge on any atom is 2.00 e. The van der Waals surface area contributed by atoms with Crippen molar-refractivity contribution in [3.8, 4) is 11.4 Å². The Balaban J connectivity index is 0.00000264. The third-order valence-electron chi connectivity index (χ3n) is 7.54.